The summed E-state index contributed by atoms with van der Waals surface area (Å²) in [5.74, 6) is -2.14. The van der Waals surface area contributed by atoms with Crippen LogP contribution in [0.5, 0.6) is 0 Å². The van der Waals surface area contributed by atoms with Gasteiger partial charge in [0.05, 0.1) is 5.92 Å². The van der Waals surface area contributed by atoms with Crippen molar-refractivity contribution in [2.45, 2.75) is 39.1 Å². The molecule has 25 heavy (non-hydrogen) atoms. The molecule has 0 saturated carbocycles. The summed E-state index contributed by atoms with van der Waals surface area (Å²) in [5, 5.41) is 2.48. The number of likely N-dealkylation sites (tertiary alicyclic amines) is 1. The SMILES string of the molecule is CC(C)(C)OC(=O)NC[C@@H]1CN(Cc2ccccc2)C[C@H]1C(F)(F)F. The molecule has 1 aliphatic rings. The summed E-state index contributed by atoms with van der Waals surface area (Å²) in [6.07, 6.45) is -4.97. The van der Waals surface area contributed by atoms with E-state index in [-0.39, 0.29) is 19.6 Å². The number of ether oxygens (including phenoxy) is 1. The van der Waals surface area contributed by atoms with Crippen LogP contribution >= 0.6 is 0 Å². The molecule has 0 bridgehead atoms. The van der Waals surface area contributed by atoms with Crippen LogP contribution in [0.2, 0.25) is 0 Å². The number of benzene rings is 1. The number of amides is 1. The molecule has 2 rings (SSSR count). The zero-order valence-electron chi connectivity index (χ0n) is 14.8. The van der Waals surface area contributed by atoms with E-state index in [1.54, 1.807) is 25.7 Å². The molecule has 1 aromatic rings. The van der Waals surface area contributed by atoms with Gasteiger partial charge in [-0.2, -0.15) is 13.2 Å². The average molecular weight is 358 g/mol. The molecule has 7 heteroatoms. The van der Waals surface area contributed by atoms with Crippen molar-refractivity contribution in [1.82, 2.24) is 10.2 Å². The molecule has 140 valence electrons. The highest BCUT2D eigenvalue weighted by molar-refractivity contribution is 5.67. The minimum absolute atomic E-state index is 0.0512. The molecule has 0 aliphatic carbocycles. The second kappa shape index (κ2) is 7.64. The Morgan fingerprint density at radius 3 is 2.40 bits per heavy atom. The zero-order chi connectivity index (χ0) is 18.7. The minimum atomic E-state index is -4.29. The standard InChI is InChI=1S/C18H25F3N2O2/c1-17(2,3)25-16(24)22-9-14-11-23(12-15(14)18(19,20)21)10-13-7-5-4-6-8-13/h4-8,14-15H,9-12H2,1-3H3,(H,22,24)/t14-,15-/m1/s1. The van der Waals surface area contributed by atoms with Gasteiger partial charge in [-0.1, -0.05) is 30.3 Å². The maximum Gasteiger partial charge on any atom is 0.407 e. The summed E-state index contributed by atoms with van der Waals surface area (Å²) < 4.78 is 45.1. The number of rotatable bonds is 4. The Balaban J connectivity index is 1.96. The van der Waals surface area contributed by atoms with Gasteiger partial charge in [-0.25, -0.2) is 4.79 Å². The molecule has 1 aliphatic heterocycles. The van der Waals surface area contributed by atoms with Crippen molar-refractivity contribution in [3.05, 3.63) is 35.9 Å². The Hall–Kier alpha value is -1.76. The van der Waals surface area contributed by atoms with Crippen molar-refractivity contribution >= 4 is 6.09 Å². The first-order chi connectivity index (χ1) is 11.5. The van der Waals surface area contributed by atoms with E-state index in [1.165, 1.54) is 0 Å². The molecule has 1 saturated heterocycles. The second-order valence-electron chi connectivity index (χ2n) is 7.47. The van der Waals surface area contributed by atoms with Crippen molar-refractivity contribution in [2.75, 3.05) is 19.6 Å². The van der Waals surface area contributed by atoms with E-state index in [4.69, 9.17) is 4.74 Å². The molecular weight excluding hydrogens is 333 g/mol. The van der Waals surface area contributed by atoms with Crippen LogP contribution in [-0.4, -0.2) is 42.4 Å². The number of alkyl carbamates (subject to hydrolysis) is 1. The van der Waals surface area contributed by atoms with Gasteiger partial charge in [0, 0.05) is 32.1 Å². The summed E-state index contributed by atoms with van der Waals surface area (Å²) in [6, 6.07) is 9.41. The predicted molar refractivity (Wildman–Crippen MR) is 89.0 cm³/mol. The fourth-order valence-corrected chi connectivity index (χ4v) is 3.04. The first kappa shape index (κ1) is 19.6. The van der Waals surface area contributed by atoms with Crippen molar-refractivity contribution < 1.29 is 22.7 Å². The van der Waals surface area contributed by atoms with Gasteiger partial charge in [0.15, 0.2) is 0 Å². The van der Waals surface area contributed by atoms with Crippen LogP contribution in [0.1, 0.15) is 26.3 Å². The van der Waals surface area contributed by atoms with E-state index >= 15 is 0 Å². The number of nitrogens with zero attached hydrogens (tertiary/aromatic N) is 1. The van der Waals surface area contributed by atoms with Crippen molar-refractivity contribution in [3.8, 4) is 0 Å². The molecule has 0 radical (unpaired) electrons. The quantitative estimate of drug-likeness (QED) is 0.890. The molecular formula is C18H25F3N2O2. The van der Waals surface area contributed by atoms with Gasteiger partial charge in [0.2, 0.25) is 0 Å². The van der Waals surface area contributed by atoms with Crippen LogP contribution in [0.15, 0.2) is 30.3 Å². The van der Waals surface area contributed by atoms with Gasteiger partial charge in [-0.05, 0) is 26.3 Å². The molecule has 1 amide bonds. The molecule has 1 aromatic carbocycles. The van der Waals surface area contributed by atoms with Crippen molar-refractivity contribution in [2.24, 2.45) is 11.8 Å². The van der Waals surface area contributed by atoms with Gasteiger partial charge >= 0.3 is 12.3 Å². The summed E-state index contributed by atoms with van der Waals surface area (Å²) in [5.41, 5.74) is 0.298. The summed E-state index contributed by atoms with van der Waals surface area (Å²) in [7, 11) is 0. The van der Waals surface area contributed by atoms with E-state index in [2.05, 4.69) is 5.32 Å². The van der Waals surface area contributed by atoms with Gasteiger partial charge in [0.1, 0.15) is 5.60 Å². The lowest BCUT2D eigenvalue weighted by Crippen LogP contribution is -2.39. The van der Waals surface area contributed by atoms with Crippen LogP contribution in [-0.2, 0) is 11.3 Å². The molecule has 1 heterocycles. The Kier molecular flexibility index (Phi) is 5.98. The summed E-state index contributed by atoms with van der Waals surface area (Å²) >= 11 is 0. The maximum absolute atomic E-state index is 13.3. The highest BCUT2D eigenvalue weighted by Gasteiger charge is 2.49. The van der Waals surface area contributed by atoms with Crippen LogP contribution < -0.4 is 5.32 Å². The predicted octanol–water partition coefficient (Wildman–Crippen LogP) is 3.82. The fourth-order valence-electron chi connectivity index (χ4n) is 3.04. The van der Waals surface area contributed by atoms with Gasteiger partial charge in [-0.15, -0.1) is 0 Å². The molecule has 0 spiro atoms. The largest absolute Gasteiger partial charge is 0.444 e. The molecule has 1 fully saturated rings. The van der Waals surface area contributed by atoms with Gasteiger partial charge < -0.3 is 10.1 Å². The maximum atomic E-state index is 13.3. The minimum Gasteiger partial charge on any atom is -0.444 e. The molecule has 0 aromatic heterocycles. The fraction of sp³-hybridized carbons (Fsp3) is 0.611. The monoisotopic (exact) mass is 358 g/mol. The summed E-state index contributed by atoms with van der Waals surface area (Å²) in [4.78, 5) is 13.5. The number of carbonyl (C=O) groups excluding carboxylic acids is 1. The van der Waals surface area contributed by atoms with Crippen LogP contribution in [0.25, 0.3) is 0 Å². The third kappa shape index (κ3) is 6.23. The van der Waals surface area contributed by atoms with Crippen molar-refractivity contribution in [1.29, 1.82) is 0 Å². The molecule has 0 unspecified atom stereocenters. The highest BCUT2D eigenvalue weighted by Crippen LogP contribution is 2.37. The lowest BCUT2D eigenvalue weighted by atomic mass is 9.95. The van der Waals surface area contributed by atoms with Gasteiger partial charge in [0.25, 0.3) is 0 Å². The van der Waals surface area contributed by atoms with E-state index in [0.717, 1.165) is 5.56 Å². The highest BCUT2D eigenvalue weighted by atomic mass is 19.4. The van der Waals surface area contributed by atoms with E-state index < -0.39 is 29.7 Å². The number of nitrogens with one attached hydrogen (secondary N) is 1. The first-order valence-corrected chi connectivity index (χ1v) is 8.34. The van der Waals surface area contributed by atoms with Gasteiger partial charge in [-0.3, -0.25) is 4.90 Å². The second-order valence-corrected chi connectivity index (χ2v) is 7.47. The van der Waals surface area contributed by atoms with Crippen LogP contribution in [0, 0.1) is 11.8 Å². The number of alkyl halides is 3. The number of hydrogen-bond acceptors (Lipinski definition) is 3. The lowest BCUT2D eigenvalue weighted by Gasteiger charge is -2.23. The third-order valence-electron chi connectivity index (χ3n) is 4.09. The number of carbonyl (C=O) groups is 1. The third-order valence-corrected chi connectivity index (χ3v) is 4.09. The molecule has 1 N–H and O–H groups in total. The van der Waals surface area contributed by atoms with E-state index in [9.17, 15) is 18.0 Å². The van der Waals surface area contributed by atoms with Crippen molar-refractivity contribution in [3.63, 3.8) is 0 Å². The Labute approximate surface area is 146 Å². The Morgan fingerprint density at radius 2 is 1.84 bits per heavy atom. The van der Waals surface area contributed by atoms with E-state index in [0.29, 0.717) is 6.54 Å². The van der Waals surface area contributed by atoms with E-state index in [1.807, 2.05) is 30.3 Å². The smallest absolute Gasteiger partial charge is 0.407 e. The Bertz CT molecular complexity index is 570. The normalized spacial score (nSPS) is 22.0. The van der Waals surface area contributed by atoms with Crippen LogP contribution in [0.3, 0.4) is 0 Å². The van der Waals surface area contributed by atoms with Crippen LogP contribution in [0.4, 0.5) is 18.0 Å². The average Bonchev–Trinajstić information content (AvgIpc) is 2.87. The Morgan fingerprint density at radius 1 is 1.20 bits per heavy atom. The topological polar surface area (TPSA) is 41.6 Å². The number of hydrogen-bond donors (Lipinski definition) is 1. The summed E-state index contributed by atoms with van der Waals surface area (Å²) in [6.45, 7) is 5.78. The number of halogens is 3. The molecule has 4 nitrogen and oxygen atoms in total. The zero-order valence-corrected chi connectivity index (χ0v) is 14.8. The first-order valence-electron chi connectivity index (χ1n) is 8.34. The lowest BCUT2D eigenvalue weighted by molar-refractivity contribution is -0.180. The molecule has 2 atom stereocenters.